The summed E-state index contributed by atoms with van der Waals surface area (Å²) in [7, 11) is 1.70. The van der Waals surface area contributed by atoms with Crippen LogP contribution in [0.2, 0.25) is 0 Å². The zero-order valence-electron chi connectivity index (χ0n) is 12.5. The molecular weight excluding hydrogens is 238 g/mol. The summed E-state index contributed by atoms with van der Waals surface area (Å²) in [4.78, 5) is 0. The van der Waals surface area contributed by atoms with Gasteiger partial charge in [0.25, 0.3) is 0 Å². The van der Waals surface area contributed by atoms with Crippen LogP contribution in [-0.4, -0.2) is 33.5 Å². The van der Waals surface area contributed by atoms with Crippen LogP contribution in [0.25, 0.3) is 0 Å². The van der Waals surface area contributed by atoms with Gasteiger partial charge in [0.15, 0.2) is 0 Å². The van der Waals surface area contributed by atoms with Gasteiger partial charge in [-0.3, -0.25) is 0 Å². The Balaban J connectivity index is 2.03. The molecule has 0 spiro atoms. The van der Waals surface area contributed by atoms with Crippen LogP contribution in [0.4, 0.5) is 0 Å². The van der Waals surface area contributed by atoms with Crippen LogP contribution in [-0.2, 0) is 16.0 Å². The van der Waals surface area contributed by atoms with Crippen molar-refractivity contribution in [2.45, 2.75) is 33.2 Å². The van der Waals surface area contributed by atoms with E-state index in [1.54, 1.807) is 7.11 Å². The van der Waals surface area contributed by atoms with E-state index in [1.165, 1.54) is 16.7 Å². The molecule has 108 valence electrons. The fourth-order valence-electron chi connectivity index (χ4n) is 1.91. The SMILES string of the molecule is COCCOCCCCNCc1cc(C)ccc1C. The Labute approximate surface area is 117 Å². The Morgan fingerprint density at radius 2 is 1.89 bits per heavy atom. The van der Waals surface area contributed by atoms with Crippen LogP contribution in [0.5, 0.6) is 0 Å². The number of ether oxygens (including phenoxy) is 2. The molecule has 1 N–H and O–H groups in total. The molecular formula is C16H27NO2. The summed E-state index contributed by atoms with van der Waals surface area (Å²) < 4.78 is 10.3. The third-order valence-corrected chi connectivity index (χ3v) is 3.14. The lowest BCUT2D eigenvalue weighted by Gasteiger charge is -2.09. The lowest BCUT2D eigenvalue weighted by Crippen LogP contribution is -2.16. The highest BCUT2D eigenvalue weighted by molar-refractivity contribution is 5.30. The van der Waals surface area contributed by atoms with Gasteiger partial charge in [-0.1, -0.05) is 23.8 Å². The van der Waals surface area contributed by atoms with Crippen molar-refractivity contribution in [1.29, 1.82) is 0 Å². The van der Waals surface area contributed by atoms with Gasteiger partial charge in [-0.2, -0.15) is 0 Å². The molecule has 0 aliphatic heterocycles. The first-order chi connectivity index (χ1) is 9.24. The fourth-order valence-corrected chi connectivity index (χ4v) is 1.91. The van der Waals surface area contributed by atoms with Gasteiger partial charge in [-0.15, -0.1) is 0 Å². The molecule has 0 unspecified atom stereocenters. The summed E-state index contributed by atoms with van der Waals surface area (Å²) in [6.07, 6.45) is 2.25. The van der Waals surface area contributed by atoms with Gasteiger partial charge in [-0.25, -0.2) is 0 Å². The second kappa shape index (κ2) is 9.96. The van der Waals surface area contributed by atoms with Gasteiger partial charge in [-0.05, 0) is 44.4 Å². The molecule has 0 heterocycles. The van der Waals surface area contributed by atoms with Crippen molar-refractivity contribution in [2.75, 3.05) is 33.5 Å². The molecule has 3 nitrogen and oxygen atoms in total. The summed E-state index contributed by atoms with van der Waals surface area (Å²) in [5.41, 5.74) is 4.09. The molecule has 0 saturated carbocycles. The molecule has 0 bridgehead atoms. The van der Waals surface area contributed by atoms with Gasteiger partial charge in [0.2, 0.25) is 0 Å². The lowest BCUT2D eigenvalue weighted by atomic mass is 10.1. The van der Waals surface area contributed by atoms with Crippen LogP contribution >= 0.6 is 0 Å². The van der Waals surface area contributed by atoms with Crippen LogP contribution in [0, 0.1) is 13.8 Å². The van der Waals surface area contributed by atoms with E-state index < -0.39 is 0 Å². The van der Waals surface area contributed by atoms with Gasteiger partial charge < -0.3 is 14.8 Å². The molecule has 0 atom stereocenters. The zero-order valence-corrected chi connectivity index (χ0v) is 12.5. The maximum atomic E-state index is 5.42. The molecule has 3 heteroatoms. The first kappa shape index (κ1) is 16.2. The monoisotopic (exact) mass is 265 g/mol. The van der Waals surface area contributed by atoms with E-state index in [1.807, 2.05) is 0 Å². The number of rotatable bonds is 10. The minimum Gasteiger partial charge on any atom is -0.382 e. The van der Waals surface area contributed by atoms with E-state index in [9.17, 15) is 0 Å². The van der Waals surface area contributed by atoms with Crippen LogP contribution in [0.1, 0.15) is 29.5 Å². The molecule has 0 aromatic heterocycles. The highest BCUT2D eigenvalue weighted by Crippen LogP contribution is 2.10. The van der Waals surface area contributed by atoms with E-state index in [0.717, 1.165) is 32.5 Å². The number of unbranched alkanes of at least 4 members (excludes halogenated alkanes) is 1. The molecule has 0 saturated heterocycles. The largest absolute Gasteiger partial charge is 0.382 e. The predicted octanol–water partition coefficient (Wildman–Crippen LogP) is 2.84. The Bertz CT molecular complexity index is 353. The maximum Gasteiger partial charge on any atom is 0.0700 e. The number of hydrogen-bond donors (Lipinski definition) is 1. The number of hydrogen-bond acceptors (Lipinski definition) is 3. The molecule has 0 fully saturated rings. The van der Waals surface area contributed by atoms with Crippen LogP contribution < -0.4 is 5.32 Å². The Morgan fingerprint density at radius 3 is 2.68 bits per heavy atom. The average molecular weight is 265 g/mol. The third-order valence-electron chi connectivity index (χ3n) is 3.14. The van der Waals surface area contributed by atoms with Crippen molar-refractivity contribution in [2.24, 2.45) is 0 Å². The fraction of sp³-hybridized carbons (Fsp3) is 0.625. The number of aryl methyl sites for hydroxylation is 2. The van der Waals surface area contributed by atoms with Crippen molar-refractivity contribution < 1.29 is 9.47 Å². The van der Waals surface area contributed by atoms with Crippen molar-refractivity contribution in [3.05, 3.63) is 34.9 Å². The molecule has 1 aromatic carbocycles. The summed E-state index contributed by atoms with van der Waals surface area (Å²) >= 11 is 0. The predicted molar refractivity (Wildman–Crippen MR) is 79.6 cm³/mol. The van der Waals surface area contributed by atoms with E-state index in [2.05, 4.69) is 37.4 Å². The highest BCUT2D eigenvalue weighted by Gasteiger charge is 1.98. The molecule has 1 aromatic rings. The van der Waals surface area contributed by atoms with E-state index in [0.29, 0.717) is 13.2 Å². The van der Waals surface area contributed by atoms with Crippen molar-refractivity contribution in [3.63, 3.8) is 0 Å². The van der Waals surface area contributed by atoms with Gasteiger partial charge in [0.05, 0.1) is 13.2 Å². The second-order valence-corrected chi connectivity index (χ2v) is 4.92. The lowest BCUT2D eigenvalue weighted by molar-refractivity contribution is 0.0688. The maximum absolute atomic E-state index is 5.42. The summed E-state index contributed by atoms with van der Waals surface area (Å²) in [6.45, 7) is 8.52. The first-order valence-corrected chi connectivity index (χ1v) is 7.07. The van der Waals surface area contributed by atoms with Gasteiger partial charge in [0.1, 0.15) is 0 Å². The standard InChI is InChI=1S/C16H27NO2/c1-14-6-7-15(2)16(12-14)13-17-8-4-5-9-19-11-10-18-3/h6-7,12,17H,4-5,8-11,13H2,1-3H3. The molecule has 19 heavy (non-hydrogen) atoms. The third kappa shape index (κ3) is 7.31. The summed E-state index contributed by atoms with van der Waals surface area (Å²) in [5, 5.41) is 3.49. The first-order valence-electron chi connectivity index (χ1n) is 7.07. The number of benzene rings is 1. The van der Waals surface area contributed by atoms with E-state index in [-0.39, 0.29) is 0 Å². The topological polar surface area (TPSA) is 30.5 Å². The minimum absolute atomic E-state index is 0.685. The van der Waals surface area contributed by atoms with Crippen molar-refractivity contribution in [3.8, 4) is 0 Å². The number of nitrogens with one attached hydrogen (secondary N) is 1. The second-order valence-electron chi connectivity index (χ2n) is 4.92. The van der Waals surface area contributed by atoms with Crippen LogP contribution in [0.15, 0.2) is 18.2 Å². The van der Waals surface area contributed by atoms with E-state index in [4.69, 9.17) is 9.47 Å². The average Bonchev–Trinajstić information content (AvgIpc) is 2.40. The Kier molecular flexibility index (Phi) is 8.47. The molecule has 0 aliphatic rings. The van der Waals surface area contributed by atoms with Crippen LogP contribution in [0.3, 0.4) is 0 Å². The Morgan fingerprint density at radius 1 is 1.05 bits per heavy atom. The zero-order chi connectivity index (χ0) is 13.9. The minimum atomic E-state index is 0.685. The Hall–Kier alpha value is -0.900. The molecule has 0 amide bonds. The summed E-state index contributed by atoms with van der Waals surface area (Å²) in [5.74, 6) is 0. The highest BCUT2D eigenvalue weighted by atomic mass is 16.5. The van der Waals surface area contributed by atoms with Crippen molar-refractivity contribution >= 4 is 0 Å². The smallest absolute Gasteiger partial charge is 0.0700 e. The molecule has 0 aliphatic carbocycles. The van der Waals surface area contributed by atoms with E-state index >= 15 is 0 Å². The normalized spacial score (nSPS) is 10.9. The van der Waals surface area contributed by atoms with Gasteiger partial charge in [0, 0.05) is 20.3 Å². The molecule has 0 radical (unpaired) electrons. The van der Waals surface area contributed by atoms with Gasteiger partial charge >= 0.3 is 0 Å². The number of methoxy groups -OCH3 is 1. The summed E-state index contributed by atoms with van der Waals surface area (Å²) in [6, 6.07) is 6.61. The quantitative estimate of drug-likeness (QED) is 0.660. The molecule has 1 rings (SSSR count). The van der Waals surface area contributed by atoms with Crippen molar-refractivity contribution in [1.82, 2.24) is 5.32 Å².